The van der Waals surface area contributed by atoms with Crippen LogP contribution in [-0.4, -0.2) is 9.78 Å². The second kappa shape index (κ2) is 4.17. The van der Waals surface area contributed by atoms with Crippen molar-refractivity contribution in [3.8, 4) is 5.69 Å². The van der Waals surface area contributed by atoms with E-state index in [-0.39, 0.29) is 0 Å². The van der Waals surface area contributed by atoms with Crippen LogP contribution >= 0.6 is 27.5 Å². The van der Waals surface area contributed by atoms with Crippen molar-refractivity contribution in [3.05, 3.63) is 58.2 Å². The van der Waals surface area contributed by atoms with Crippen molar-refractivity contribution in [2.75, 3.05) is 0 Å². The van der Waals surface area contributed by atoms with E-state index in [1.54, 1.807) is 0 Å². The zero-order valence-corrected chi connectivity index (χ0v) is 11.1. The van der Waals surface area contributed by atoms with Gasteiger partial charge in [-0.3, -0.25) is 0 Å². The Balaban J connectivity index is 2.21. The highest BCUT2D eigenvalue weighted by Crippen LogP contribution is 2.22. The first kappa shape index (κ1) is 10.8. The molecule has 2 aromatic carbocycles. The Bertz CT molecular complexity index is 673. The molecule has 0 atom stereocenters. The molecule has 0 spiro atoms. The minimum absolute atomic E-state index is 0.729. The third kappa shape index (κ3) is 1.96. The monoisotopic (exact) mass is 306 g/mol. The van der Waals surface area contributed by atoms with Crippen LogP contribution in [0.3, 0.4) is 0 Å². The highest BCUT2D eigenvalue weighted by molar-refractivity contribution is 9.10. The van der Waals surface area contributed by atoms with Crippen molar-refractivity contribution in [1.29, 1.82) is 0 Å². The number of halogens is 2. The maximum atomic E-state index is 5.95. The molecule has 0 amide bonds. The second-order valence-electron chi connectivity index (χ2n) is 3.74. The minimum Gasteiger partial charge on any atom is -0.233 e. The Kier molecular flexibility index (Phi) is 2.65. The highest BCUT2D eigenvalue weighted by Gasteiger charge is 2.04. The van der Waals surface area contributed by atoms with E-state index in [1.165, 1.54) is 0 Å². The van der Waals surface area contributed by atoms with Crippen LogP contribution in [-0.2, 0) is 0 Å². The van der Waals surface area contributed by atoms with Gasteiger partial charge in [-0.25, -0.2) is 4.68 Å². The number of benzene rings is 2. The Morgan fingerprint density at radius 3 is 2.59 bits per heavy atom. The van der Waals surface area contributed by atoms with Gasteiger partial charge in [-0.1, -0.05) is 27.5 Å². The molecule has 0 fully saturated rings. The van der Waals surface area contributed by atoms with Crippen LogP contribution in [0.25, 0.3) is 16.6 Å². The summed E-state index contributed by atoms with van der Waals surface area (Å²) in [5.41, 5.74) is 2.09. The predicted molar refractivity (Wildman–Crippen MR) is 73.8 cm³/mol. The maximum absolute atomic E-state index is 5.95. The van der Waals surface area contributed by atoms with Gasteiger partial charge in [-0.15, -0.1) is 0 Å². The Morgan fingerprint density at radius 2 is 1.82 bits per heavy atom. The molecule has 0 unspecified atom stereocenters. The van der Waals surface area contributed by atoms with Crippen LogP contribution in [0.2, 0.25) is 5.02 Å². The Labute approximate surface area is 112 Å². The molecule has 1 heterocycles. The summed E-state index contributed by atoms with van der Waals surface area (Å²) < 4.78 is 2.96. The van der Waals surface area contributed by atoms with E-state index in [1.807, 2.05) is 53.3 Å². The molecule has 0 saturated heterocycles. The normalized spacial score (nSPS) is 10.9. The SMILES string of the molecule is Clc1ccc2c(cnn2-c2ccc(Br)cc2)c1. The van der Waals surface area contributed by atoms with E-state index in [2.05, 4.69) is 21.0 Å². The largest absolute Gasteiger partial charge is 0.233 e. The average molecular weight is 308 g/mol. The van der Waals surface area contributed by atoms with Crippen molar-refractivity contribution < 1.29 is 0 Å². The lowest BCUT2D eigenvalue weighted by atomic mass is 10.2. The van der Waals surface area contributed by atoms with Gasteiger partial charge in [0, 0.05) is 14.9 Å². The molecule has 0 aliphatic heterocycles. The summed E-state index contributed by atoms with van der Waals surface area (Å²) in [7, 11) is 0. The van der Waals surface area contributed by atoms with Gasteiger partial charge in [0.1, 0.15) is 0 Å². The second-order valence-corrected chi connectivity index (χ2v) is 5.09. The van der Waals surface area contributed by atoms with Crippen LogP contribution in [0.4, 0.5) is 0 Å². The first-order valence-corrected chi connectivity index (χ1v) is 6.30. The molecule has 2 nitrogen and oxygen atoms in total. The van der Waals surface area contributed by atoms with E-state index in [9.17, 15) is 0 Å². The molecule has 1 aromatic heterocycles. The van der Waals surface area contributed by atoms with E-state index in [0.717, 1.165) is 26.1 Å². The summed E-state index contributed by atoms with van der Waals surface area (Å²) in [4.78, 5) is 0. The van der Waals surface area contributed by atoms with Crippen molar-refractivity contribution in [2.45, 2.75) is 0 Å². The standard InChI is InChI=1S/C13H8BrClN2/c14-10-1-4-12(5-2-10)17-13-6-3-11(15)7-9(13)8-16-17/h1-8H. The molecule has 0 aliphatic carbocycles. The topological polar surface area (TPSA) is 17.8 Å². The molecular formula is C13H8BrClN2. The number of fused-ring (bicyclic) bond motifs is 1. The van der Waals surface area contributed by atoms with Crippen LogP contribution < -0.4 is 0 Å². The third-order valence-electron chi connectivity index (χ3n) is 2.60. The van der Waals surface area contributed by atoms with Gasteiger partial charge < -0.3 is 0 Å². The molecule has 3 aromatic rings. The lowest BCUT2D eigenvalue weighted by Gasteiger charge is -2.03. The lowest BCUT2D eigenvalue weighted by molar-refractivity contribution is 0.910. The fraction of sp³-hybridized carbons (Fsp3) is 0. The third-order valence-corrected chi connectivity index (χ3v) is 3.37. The summed E-state index contributed by atoms with van der Waals surface area (Å²) >= 11 is 9.37. The van der Waals surface area contributed by atoms with E-state index >= 15 is 0 Å². The fourth-order valence-electron chi connectivity index (χ4n) is 1.79. The number of hydrogen-bond donors (Lipinski definition) is 0. The van der Waals surface area contributed by atoms with Crippen LogP contribution in [0.1, 0.15) is 0 Å². The van der Waals surface area contributed by atoms with E-state index < -0.39 is 0 Å². The Hall–Kier alpha value is -1.32. The number of nitrogens with zero attached hydrogens (tertiary/aromatic N) is 2. The summed E-state index contributed by atoms with van der Waals surface area (Å²) in [5.74, 6) is 0. The van der Waals surface area contributed by atoms with Gasteiger partial charge in [0.25, 0.3) is 0 Å². The van der Waals surface area contributed by atoms with Crippen molar-refractivity contribution >= 4 is 38.4 Å². The van der Waals surface area contributed by atoms with Crippen LogP contribution in [0, 0.1) is 0 Å². The van der Waals surface area contributed by atoms with Gasteiger partial charge >= 0.3 is 0 Å². The highest BCUT2D eigenvalue weighted by atomic mass is 79.9. The van der Waals surface area contributed by atoms with Gasteiger partial charge in [-0.2, -0.15) is 5.10 Å². The lowest BCUT2D eigenvalue weighted by Crippen LogP contribution is -1.94. The first-order chi connectivity index (χ1) is 8.24. The molecule has 84 valence electrons. The van der Waals surface area contributed by atoms with Crippen LogP contribution in [0.5, 0.6) is 0 Å². The minimum atomic E-state index is 0.729. The quantitative estimate of drug-likeness (QED) is 0.650. The summed E-state index contributed by atoms with van der Waals surface area (Å²) in [6, 6.07) is 13.8. The summed E-state index contributed by atoms with van der Waals surface area (Å²) in [6.07, 6.45) is 1.82. The smallest absolute Gasteiger partial charge is 0.0742 e. The zero-order chi connectivity index (χ0) is 11.8. The molecule has 0 aliphatic rings. The summed E-state index contributed by atoms with van der Waals surface area (Å²) in [5, 5.41) is 6.15. The average Bonchev–Trinajstić information content (AvgIpc) is 2.73. The summed E-state index contributed by atoms with van der Waals surface area (Å²) in [6.45, 7) is 0. The number of rotatable bonds is 1. The number of hydrogen-bond acceptors (Lipinski definition) is 1. The molecule has 17 heavy (non-hydrogen) atoms. The molecule has 0 radical (unpaired) electrons. The molecule has 0 bridgehead atoms. The molecule has 4 heteroatoms. The fourth-order valence-corrected chi connectivity index (χ4v) is 2.24. The van der Waals surface area contributed by atoms with Gasteiger partial charge in [-0.05, 0) is 42.5 Å². The van der Waals surface area contributed by atoms with Gasteiger partial charge in [0.2, 0.25) is 0 Å². The van der Waals surface area contributed by atoms with E-state index in [4.69, 9.17) is 11.6 Å². The molecule has 0 N–H and O–H groups in total. The molecular weight excluding hydrogens is 300 g/mol. The zero-order valence-electron chi connectivity index (χ0n) is 8.77. The Morgan fingerprint density at radius 1 is 1.06 bits per heavy atom. The molecule has 3 rings (SSSR count). The van der Waals surface area contributed by atoms with Gasteiger partial charge in [0.05, 0.1) is 17.4 Å². The van der Waals surface area contributed by atoms with Gasteiger partial charge in [0.15, 0.2) is 0 Å². The van der Waals surface area contributed by atoms with E-state index in [0.29, 0.717) is 0 Å². The van der Waals surface area contributed by atoms with Crippen LogP contribution in [0.15, 0.2) is 53.1 Å². The molecule has 0 saturated carbocycles. The number of aromatic nitrogens is 2. The van der Waals surface area contributed by atoms with Crippen molar-refractivity contribution in [3.63, 3.8) is 0 Å². The first-order valence-electron chi connectivity index (χ1n) is 5.13. The van der Waals surface area contributed by atoms with Crippen molar-refractivity contribution in [1.82, 2.24) is 9.78 Å². The van der Waals surface area contributed by atoms with Crippen molar-refractivity contribution in [2.24, 2.45) is 0 Å². The predicted octanol–water partition coefficient (Wildman–Crippen LogP) is 4.44. The maximum Gasteiger partial charge on any atom is 0.0742 e.